The number of urea groups is 1. The molecule has 0 spiro atoms. The summed E-state index contributed by atoms with van der Waals surface area (Å²) >= 11 is 0. The van der Waals surface area contributed by atoms with E-state index in [2.05, 4.69) is 32.8 Å². The Labute approximate surface area is 185 Å². The van der Waals surface area contributed by atoms with Gasteiger partial charge in [-0.15, -0.1) is 0 Å². The Morgan fingerprint density at radius 1 is 0.968 bits per heavy atom. The number of rotatable bonds is 18. The Bertz CT molecular complexity index is 621. The fourth-order valence-corrected chi connectivity index (χ4v) is 3.24. The van der Waals surface area contributed by atoms with E-state index in [4.69, 9.17) is 0 Å². The van der Waals surface area contributed by atoms with Gasteiger partial charge in [-0.2, -0.15) is 0 Å². The normalized spacial score (nSPS) is 11.6. The number of carboxylic acid groups (broad SMARTS) is 1. The van der Waals surface area contributed by atoms with Crippen LogP contribution < -0.4 is 16.0 Å². The van der Waals surface area contributed by atoms with Crippen molar-refractivity contribution in [2.45, 2.75) is 90.0 Å². The smallest absolute Gasteiger partial charge is 0.326 e. The first-order valence-corrected chi connectivity index (χ1v) is 11.5. The van der Waals surface area contributed by atoms with Crippen LogP contribution in [0.5, 0.6) is 0 Å². The van der Waals surface area contributed by atoms with Gasteiger partial charge in [-0.05, 0) is 6.42 Å². The average Bonchev–Trinajstić information content (AvgIpc) is 3.24. The Morgan fingerprint density at radius 3 is 2.16 bits per heavy atom. The lowest BCUT2D eigenvalue weighted by molar-refractivity contribution is -0.141. The monoisotopic (exact) mass is 437 g/mol. The zero-order chi connectivity index (χ0) is 22.7. The van der Waals surface area contributed by atoms with E-state index in [1.807, 2.05) is 0 Å². The molecule has 1 rings (SSSR count). The molecule has 0 aromatic carbocycles. The highest BCUT2D eigenvalue weighted by Crippen LogP contribution is 2.10. The lowest BCUT2D eigenvalue weighted by atomic mass is 10.1. The maximum atomic E-state index is 12.0. The van der Waals surface area contributed by atoms with Crippen LogP contribution in [-0.4, -0.2) is 52.1 Å². The number of nitrogens with one attached hydrogen (secondary N) is 4. The second-order valence-corrected chi connectivity index (χ2v) is 7.84. The van der Waals surface area contributed by atoms with Crippen LogP contribution in [0.15, 0.2) is 12.5 Å². The van der Waals surface area contributed by atoms with Crippen molar-refractivity contribution in [3.05, 3.63) is 18.2 Å². The van der Waals surface area contributed by atoms with Gasteiger partial charge in [-0.1, -0.05) is 64.7 Å². The van der Waals surface area contributed by atoms with Crippen molar-refractivity contribution in [3.8, 4) is 0 Å². The van der Waals surface area contributed by atoms with Gasteiger partial charge in [0.2, 0.25) is 5.91 Å². The molecule has 5 N–H and O–H groups in total. The summed E-state index contributed by atoms with van der Waals surface area (Å²) in [6.45, 7) is 2.98. The number of aliphatic carboxylic acids is 1. The molecule has 0 fully saturated rings. The van der Waals surface area contributed by atoms with Crippen LogP contribution in [0.1, 0.15) is 83.2 Å². The Morgan fingerprint density at radius 2 is 1.58 bits per heavy atom. The summed E-state index contributed by atoms with van der Waals surface area (Å²) < 4.78 is 0. The molecule has 0 unspecified atom stereocenters. The number of carbonyl (C=O) groups excluding carboxylic acids is 2. The Hall–Kier alpha value is -2.58. The number of carbonyl (C=O) groups is 3. The fraction of sp³-hybridized carbons (Fsp3) is 0.727. The third kappa shape index (κ3) is 14.1. The summed E-state index contributed by atoms with van der Waals surface area (Å²) in [7, 11) is 0. The first-order valence-electron chi connectivity index (χ1n) is 11.5. The number of H-pyrrole nitrogens is 1. The number of imidazole rings is 1. The van der Waals surface area contributed by atoms with Crippen LogP contribution in [0, 0.1) is 0 Å². The topological polar surface area (TPSA) is 136 Å². The highest BCUT2D eigenvalue weighted by atomic mass is 16.4. The van der Waals surface area contributed by atoms with Gasteiger partial charge in [0.25, 0.3) is 0 Å². The third-order valence-electron chi connectivity index (χ3n) is 5.05. The van der Waals surface area contributed by atoms with E-state index in [0.29, 0.717) is 12.2 Å². The quantitative estimate of drug-likeness (QED) is 0.225. The Balaban J connectivity index is 2.00. The van der Waals surface area contributed by atoms with Gasteiger partial charge in [-0.3, -0.25) is 4.79 Å². The minimum atomic E-state index is -1.13. The molecule has 31 heavy (non-hydrogen) atoms. The van der Waals surface area contributed by atoms with Crippen molar-refractivity contribution in [2.75, 3.05) is 13.1 Å². The zero-order valence-electron chi connectivity index (χ0n) is 18.8. The van der Waals surface area contributed by atoms with E-state index < -0.39 is 17.9 Å². The van der Waals surface area contributed by atoms with Gasteiger partial charge in [0.1, 0.15) is 6.04 Å². The lowest BCUT2D eigenvalue weighted by Gasteiger charge is -2.13. The second-order valence-electron chi connectivity index (χ2n) is 7.84. The molecule has 1 aromatic rings. The van der Waals surface area contributed by atoms with Gasteiger partial charge in [0.05, 0.1) is 12.0 Å². The predicted octanol–water partition coefficient (Wildman–Crippen LogP) is 3.13. The molecule has 9 heteroatoms. The van der Waals surface area contributed by atoms with Crippen molar-refractivity contribution < 1.29 is 19.5 Å². The summed E-state index contributed by atoms with van der Waals surface area (Å²) in [4.78, 5) is 41.7. The molecule has 0 radical (unpaired) electrons. The van der Waals surface area contributed by atoms with E-state index in [9.17, 15) is 19.5 Å². The Kier molecular flexibility index (Phi) is 14.6. The van der Waals surface area contributed by atoms with E-state index in [1.54, 1.807) is 6.20 Å². The van der Waals surface area contributed by atoms with E-state index in [0.717, 1.165) is 12.8 Å². The number of aromatic amines is 1. The molecular weight excluding hydrogens is 398 g/mol. The van der Waals surface area contributed by atoms with Crippen LogP contribution >= 0.6 is 0 Å². The first-order chi connectivity index (χ1) is 15.0. The minimum absolute atomic E-state index is 0.00994. The molecule has 1 atom stereocenters. The van der Waals surface area contributed by atoms with E-state index in [1.165, 1.54) is 57.7 Å². The minimum Gasteiger partial charge on any atom is -0.480 e. The van der Waals surface area contributed by atoms with Crippen LogP contribution in [0.4, 0.5) is 4.79 Å². The standard InChI is InChI=1S/C22H39N5O4/c1-2-3-4-5-6-7-8-9-10-11-13-24-22(31)25-14-12-20(28)27-19(21(29)30)15-18-16-23-17-26-18/h16-17,19H,2-15H2,1H3,(H,23,26)(H,27,28)(H,29,30)(H2,24,25,31)/t19-/m0/s1. The first kappa shape index (κ1) is 26.5. The maximum Gasteiger partial charge on any atom is 0.326 e. The SMILES string of the molecule is CCCCCCCCCCCCNC(=O)NCCC(=O)N[C@@H](Cc1c[nH]cn1)C(=O)O. The molecule has 1 heterocycles. The van der Waals surface area contributed by atoms with Crippen molar-refractivity contribution in [3.63, 3.8) is 0 Å². The molecule has 1 aromatic heterocycles. The fourth-order valence-electron chi connectivity index (χ4n) is 3.24. The summed E-state index contributed by atoms with van der Waals surface area (Å²) in [6, 6.07) is -1.36. The maximum absolute atomic E-state index is 12.0. The van der Waals surface area contributed by atoms with Crippen LogP contribution in [0.2, 0.25) is 0 Å². The molecule has 0 saturated carbocycles. The van der Waals surface area contributed by atoms with Crippen molar-refractivity contribution >= 4 is 17.9 Å². The summed E-state index contributed by atoms with van der Waals surface area (Å²) in [5, 5.41) is 17.1. The average molecular weight is 438 g/mol. The zero-order valence-corrected chi connectivity index (χ0v) is 18.8. The summed E-state index contributed by atoms with van der Waals surface area (Å²) in [5.74, 6) is -1.56. The molecule has 0 aliphatic rings. The number of unbranched alkanes of at least 4 members (excludes halogenated alkanes) is 9. The van der Waals surface area contributed by atoms with Crippen LogP contribution in [0.3, 0.4) is 0 Å². The van der Waals surface area contributed by atoms with E-state index >= 15 is 0 Å². The molecule has 3 amide bonds. The third-order valence-corrected chi connectivity index (χ3v) is 5.05. The number of carboxylic acids is 1. The summed E-state index contributed by atoms with van der Waals surface area (Å²) in [5.41, 5.74) is 0.553. The molecule has 0 aliphatic carbocycles. The van der Waals surface area contributed by atoms with Gasteiger partial charge < -0.3 is 26.0 Å². The lowest BCUT2D eigenvalue weighted by Crippen LogP contribution is -2.44. The van der Waals surface area contributed by atoms with Crippen molar-refractivity contribution in [1.29, 1.82) is 0 Å². The van der Waals surface area contributed by atoms with Gasteiger partial charge >= 0.3 is 12.0 Å². The molecule has 0 bridgehead atoms. The largest absolute Gasteiger partial charge is 0.480 e. The van der Waals surface area contributed by atoms with E-state index in [-0.39, 0.29) is 25.4 Å². The second kappa shape index (κ2) is 17.1. The number of hydrogen-bond acceptors (Lipinski definition) is 4. The van der Waals surface area contributed by atoms with Gasteiger partial charge in [0.15, 0.2) is 0 Å². The van der Waals surface area contributed by atoms with Crippen molar-refractivity contribution in [2.24, 2.45) is 0 Å². The number of hydrogen-bond donors (Lipinski definition) is 5. The highest BCUT2D eigenvalue weighted by molar-refractivity contribution is 5.84. The van der Waals surface area contributed by atoms with Gasteiger partial charge in [0, 0.05) is 32.1 Å². The van der Waals surface area contributed by atoms with Crippen LogP contribution in [0.25, 0.3) is 0 Å². The highest BCUT2D eigenvalue weighted by Gasteiger charge is 2.21. The molecule has 9 nitrogen and oxygen atoms in total. The van der Waals surface area contributed by atoms with Crippen LogP contribution in [-0.2, 0) is 16.0 Å². The molecule has 176 valence electrons. The predicted molar refractivity (Wildman–Crippen MR) is 120 cm³/mol. The van der Waals surface area contributed by atoms with Crippen molar-refractivity contribution in [1.82, 2.24) is 25.9 Å². The molecule has 0 saturated heterocycles. The molecule has 0 aliphatic heterocycles. The number of aromatic nitrogens is 2. The molecular formula is C22H39N5O4. The number of amides is 3. The number of nitrogens with zero attached hydrogens (tertiary/aromatic N) is 1. The summed E-state index contributed by atoms with van der Waals surface area (Å²) in [6.07, 6.45) is 15.6. The van der Waals surface area contributed by atoms with Gasteiger partial charge in [-0.25, -0.2) is 14.6 Å².